The van der Waals surface area contributed by atoms with Crippen LogP contribution in [-0.2, 0) is 14.8 Å². The van der Waals surface area contributed by atoms with Gasteiger partial charge < -0.3 is 10.1 Å². The summed E-state index contributed by atoms with van der Waals surface area (Å²) in [6.07, 6.45) is 0.771. The number of nitrogens with one attached hydrogen (secondary N) is 2. The lowest BCUT2D eigenvalue weighted by molar-refractivity contribution is 0.0606. The zero-order valence-corrected chi connectivity index (χ0v) is 12.7. The maximum Gasteiger partial charge on any atom is 0.348 e. The van der Waals surface area contributed by atoms with Crippen LogP contribution in [-0.4, -0.2) is 40.6 Å². The van der Waals surface area contributed by atoms with Crippen molar-refractivity contribution in [1.82, 2.24) is 10.0 Å². The van der Waals surface area contributed by atoms with Crippen molar-refractivity contribution in [3.05, 3.63) is 16.3 Å². The third-order valence-electron chi connectivity index (χ3n) is 2.65. The highest BCUT2D eigenvalue weighted by atomic mass is 35.5. The Morgan fingerprint density at radius 2 is 2.32 bits per heavy atom. The average molecular weight is 327 g/mol. The molecule has 0 spiro atoms. The lowest BCUT2D eigenvalue weighted by Crippen LogP contribution is -2.36. The second-order valence-electron chi connectivity index (χ2n) is 3.95. The molecule has 108 valence electrons. The van der Waals surface area contributed by atoms with Crippen molar-refractivity contribution in [2.75, 3.05) is 20.2 Å². The first-order valence-corrected chi connectivity index (χ1v) is 7.79. The summed E-state index contributed by atoms with van der Waals surface area (Å²) in [5.41, 5.74) is 0. The molecule has 0 aromatic carbocycles. The molecule has 1 saturated heterocycles. The van der Waals surface area contributed by atoms with E-state index in [4.69, 9.17) is 0 Å². The Morgan fingerprint density at radius 3 is 2.89 bits per heavy atom. The van der Waals surface area contributed by atoms with Gasteiger partial charge in [-0.1, -0.05) is 0 Å². The van der Waals surface area contributed by atoms with Gasteiger partial charge in [0.25, 0.3) is 0 Å². The van der Waals surface area contributed by atoms with E-state index in [0.29, 0.717) is 6.54 Å². The van der Waals surface area contributed by atoms with Crippen molar-refractivity contribution in [2.45, 2.75) is 17.4 Å². The SMILES string of the molecule is COC(=O)c1cc(S(=O)(=O)NC2CCNC2)cs1.Cl. The number of ether oxygens (including phenoxy) is 1. The van der Waals surface area contributed by atoms with Crippen molar-refractivity contribution < 1.29 is 17.9 Å². The van der Waals surface area contributed by atoms with E-state index in [2.05, 4.69) is 14.8 Å². The molecule has 6 nitrogen and oxygen atoms in total. The first-order chi connectivity index (χ1) is 8.53. The number of hydrogen-bond donors (Lipinski definition) is 2. The minimum absolute atomic E-state index is 0. The van der Waals surface area contributed by atoms with Gasteiger partial charge in [-0.3, -0.25) is 0 Å². The Hall–Kier alpha value is -0.670. The van der Waals surface area contributed by atoms with Gasteiger partial charge in [0.2, 0.25) is 10.0 Å². The van der Waals surface area contributed by atoms with Crippen LogP contribution in [0, 0.1) is 0 Å². The Bertz CT molecular complexity index is 537. The van der Waals surface area contributed by atoms with Gasteiger partial charge in [0.15, 0.2) is 0 Å². The number of methoxy groups -OCH3 is 1. The molecular formula is C10H15ClN2O4S2. The second kappa shape index (κ2) is 6.67. The molecule has 2 rings (SSSR count). The number of sulfonamides is 1. The van der Waals surface area contributed by atoms with E-state index in [1.807, 2.05) is 0 Å². The number of thiophene rings is 1. The largest absolute Gasteiger partial charge is 0.465 e. The summed E-state index contributed by atoms with van der Waals surface area (Å²) >= 11 is 1.06. The number of hydrogen-bond acceptors (Lipinski definition) is 6. The molecule has 9 heteroatoms. The van der Waals surface area contributed by atoms with Gasteiger partial charge in [0.1, 0.15) is 4.88 Å². The minimum atomic E-state index is -3.55. The fourth-order valence-corrected chi connectivity index (χ4v) is 4.17. The normalized spacial score (nSPS) is 18.9. The van der Waals surface area contributed by atoms with E-state index in [0.717, 1.165) is 24.3 Å². The summed E-state index contributed by atoms with van der Waals surface area (Å²) in [4.78, 5) is 11.7. The van der Waals surface area contributed by atoms with E-state index in [1.54, 1.807) is 0 Å². The quantitative estimate of drug-likeness (QED) is 0.791. The van der Waals surface area contributed by atoms with Crippen LogP contribution in [0.25, 0.3) is 0 Å². The number of rotatable bonds is 4. The molecule has 1 aliphatic heterocycles. The lowest BCUT2D eigenvalue weighted by Gasteiger charge is -2.10. The van der Waals surface area contributed by atoms with Crippen LogP contribution < -0.4 is 10.0 Å². The highest BCUT2D eigenvalue weighted by Gasteiger charge is 2.24. The van der Waals surface area contributed by atoms with Gasteiger partial charge in [-0.05, 0) is 19.0 Å². The number of halogens is 1. The molecule has 1 unspecified atom stereocenters. The van der Waals surface area contributed by atoms with Gasteiger partial charge in [0.05, 0.1) is 12.0 Å². The highest BCUT2D eigenvalue weighted by Crippen LogP contribution is 2.20. The molecule has 1 aliphatic rings. The Morgan fingerprint density at radius 1 is 1.58 bits per heavy atom. The van der Waals surface area contributed by atoms with Crippen LogP contribution in [0.5, 0.6) is 0 Å². The predicted octanol–water partition coefficient (Wildman–Crippen LogP) is 0.597. The minimum Gasteiger partial charge on any atom is -0.465 e. The molecule has 2 heterocycles. The third kappa shape index (κ3) is 3.90. The fraction of sp³-hybridized carbons (Fsp3) is 0.500. The van der Waals surface area contributed by atoms with Crippen LogP contribution in [0.3, 0.4) is 0 Å². The van der Waals surface area contributed by atoms with Gasteiger partial charge in [-0.2, -0.15) is 0 Å². The third-order valence-corrected chi connectivity index (χ3v) is 5.21. The van der Waals surface area contributed by atoms with Crippen molar-refractivity contribution in [3.63, 3.8) is 0 Å². The monoisotopic (exact) mass is 326 g/mol. The molecule has 0 amide bonds. The fourth-order valence-electron chi connectivity index (χ4n) is 1.71. The summed E-state index contributed by atoms with van der Waals surface area (Å²) in [6.45, 7) is 1.44. The number of carbonyl (C=O) groups excluding carboxylic acids is 1. The van der Waals surface area contributed by atoms with Gasteiger partial charge in [-0.25, -0.2) is 17.9 Å². The number of carbonyl (C=O) groups is 1. The predicted molar refractivity (Wildman–Crippen MR) is 74.5 cm³/mol. The van der Waals surface area contributed by atoms with Crippen molar-refractivity contribution in [2.24, 2.45) is 0 Å². The zero-order chi connectivity index (χ0) is 13.2. The Kier molecular flexibility index (Phi) is 5.75. The summed E-state index contributed by atoms with van der Waals surface area (Å²) in [5.74, 6) is -0.524. The van der Waals surface area contributed by atoms with E-state index in [1.165, 1.54) is 18.6 Å². The first kappa shape index (κ1) is 16.4. The van der Waals surface area contributed by atoms with E-state index in [-0.39, 0.29) is 28.2 Å². The molecule has 0 aliphatic carbocycles. The first-order valence-electron chi connectivity index (χ1n) is 5.43. The molecule has 1 aromatic heterocycles. The van der Waals surface area contributed by atoms with Crippen LogP contribution in [0.2, 0.25) is 0 Å². The summed E-state index contributed by atoms with van der Waals surface area (Å²) in [5, 5.41) is 4.52. The molecule has 1 atom stereocenters. The van der Waals surface area contributed by atoms with E-state index >= 15 is 0 Å². The molecule has 19 heavy (non-hydrogen) atoms. The summed E-state index contributed by atoms with van der Waals surface area (Å²) in [6, 6.07) is 1.25. The maximum atomic E-state index is 12.0. The molecular weight excluding hydrogens is 312 g/mol. The van der Waals surface area contributed by atoms with Gasteiger partial charge in [-0.15, -0.1) is 23.7 Å². The lowest BCUT2D eigenvalue weighted by atomic mass is 10.3. The van der Waals surface area contributed by atoms with Crippen LogP contribution >= 0.6 is 23.7 Å². The maximum absolute atomic E-state index is 12.0. The molecule has 0 bridgehead atoms. The topological polar surface area (TPSA) is 84.5 Å². The molecule has 0 saturated carbocycles. The van der Waals surface area contributed by atoms with Crippen LogP contribution in [0.1, 0.15) is 16.1 Å². The van der Waals surface area contributed by atoms with Crippen molar-refractivity contribution in [3.8, 4) is 0 Å². The van der Waals surface area contributed by atoms with Crippen molar-refractivity contribution in [1.29, 1.82) is 0 Å². The van der Waals surface area contributed by atoms with Gasteiger partial charge in [0, 0.05) is 18.0 Å². The second-order valence-corrected chi connectivity index (χ2v) is 6.57. The van der Waals surface area contributed by atoms with Crippen LogP contribution in [0.4, 0.5) is 0 Å². The number of esters is 1. The Balaban J connectivity index is 0.00000180. The molecule has 0 radical (unpaired) electrons. The zero-order valence-electron chi connectivity index (χ0n) is 10.2. The van der Waals surface area contributed by atoms with Gasteiger partial charge >= 0.3 is 5.97 Å². The van der Waals surface area contributed by atoms with E-state index < -0.39 is 16.0 Å². The van der Waals surface area contributed by atoms with Crippen LogP contribution in [0.15, 0.2) is 16.3 Å². The smallest absolute Gasteiger partial charge is 0.348 e. The Labute approximate surface area is 122 Å². The molecule has 1 aromatic rings. The van der Waals surface area contributed by atoms with E-state index in [9.17, 15) is 13.2 Å². The summed E-state index contributed by atoms with van der Waals surface area (Å²) in [7, 11) is -2.29. The standard InChI is InChI=1S/C10H14N2O4S2.ClH/c1-16-10(13)9-4-8(6-17-9)18(14,15)12-7-2-3-11-5-7;/h4,6-7,11-12H,2-3,5H2,1H3;1H. The molecule has 2 N–H and O–H groups in total. The molecule has 1 fully saturated rings. The highest BCUT2D eigenvalue weighted by molar-refractivity contribution is 7.89. The average Bonchev–Trinajstić information content (AvgIpc) is 2.97. The summed E-state index contributed by atoms with van der Waals surface area (Å²) < 4.78 is 31.2. The van der Waals surface area contributed by atoms with Crippen molar-refractivity contribution >= 4 is 39.7 Å².